The van der Waals surface area contributed by atoms with Gasteiger partial charge in [-0.3, -0.25) is 14.2 Å². The first-order chi connectivity index (χ1) is 13.9. The van der Waals surface area contributed by atoms with Crippen LogP contribution in [0.25, 0.3) is 0 Å². The lowest BCUT2D eigenvalue weighted by molar-refractivity contribution is 0.103. The minimum absolute atomic E-state index is 0.0195. The van der Waals surface area contributed by atoms with Crippen LogP contribution in [0.4, 0.5) is 0 Å². The zero-order valence-corrected chi connectivity index (χ0v) is 16.8. The fourth-order valence-electron chi connectivity index (χ4n) is 2.97. The predicted octanol–water partition coefficient (Wildman–Crippen LogP) is 3.67. The minimum atomic E-state index is -4.47. The van der Waals surface area contributed by atoms with Crippen molar-refractivity contribution in [3.63, 3.8) is 0 Å². The first-order valence-electron chi connectivity index (χ1n) is 8.69. The summed E-state index contributed by atoms with van der Waals surface area (Å²) in [5.41, 5.74) is -0.827. The van der Waals surface area contributed by atoms with E-state index in [0.717, 1.165) is 0 Å². The maximum Gasteiger partial charge on any atom is 0.298 e. The van der Waals surface area contributed by atoms with Crippen LogP contribution in [0, 0.1) is 0 Å². The third-order valence-electron chi connectivity index (χ3n) is 4.42. The van der Waals surface area contributed by atoms with E-state index in [4.69, 9.17) is 9.47 Å². The molecule has 0 spiro atoms. The Balaban J connectivity index is 2.19. The molecule has 29 heavy (non-hydrogen) atoms. The van der Waals surface area contributed by atoms with Crippen molar-refractivity contribution in [2.24, 2.45) is 0 Å². The number of rotatable bonds is 7. The summed E-state index contributed by atoms with van der Waals surface area (Å²) >= 11 is 0. The van der Waals surface area contributed by atoms with E-state index in [2.05, 4.69) is 0 Å². The lowest BCUT2D eigenvalue weighted by atomic mass is 9.99. The second-order valence-corrected chi connectivity index (χ2v) is 8.21. The van der Waals surface area contributed by atoms with Crippen molar-refractivity contribution in [2.75, 3.05) is 14.2 Å². The van der Waals surface area contributed by atoms with Crippen molar-refractivity contribution in [2.45, 2.75) is 0 Å². The van der Waals surface area contributed by atoms with Gasteiger partial charge in [-0.05, 0) is 24.3 Å². The van der Waals surface area contributed by atoms with Crippen molar-refractivity contribution in [1.82, 2.24) is 0 Å². The molecule has 0 fully saturated rings. The van der Waals surface area contributed by atoms with Gasteiger partial charge in [0.15, 0.2) is 5.78 Å². The summed E-state index contributed by atoms with van der Waals surface area (Å²) < 4.78 is 23.6. The normalized spacial score (nSPS) is 12.7. The van der Waals surface area contributed by atoms with E-state index >= 15 is 0 Å². The molecule has 6 nitrogen and oxygen atoms in total. The summed E-state index contributed by atoms with van der Waals surface area (Å²) in [5.74, 6) is -0.443. The van der Waals surface area contributed by atoms with E-state index in [9.17, 15) is 19.0 Å². The zero-order chi connectivity index (χ0) is 21.0. The van der Waals surface area contributed by atoms with Crippen LogP contribution in [0.2, 0.25) is 0 Å². The molecule has 3 rings (SSSR count). The quantitative estimate of drug-likeness (QED) is 0.472. The molecule has 1 unspecified atom stereocenters. The first kappa shape index (κ1) is 20.5. The van der Waals surface area contributed by atoms with E-state index in [1.807, 2.05) is 0 Å². The van der Waals surface area contributed by atoms with Crippen LogP contribution < -0.4 is 14.8 Å². The molecule has 0 saturated carbocycles. The molecule has 0 heterocycles. The predicted molar refractivity (Wildman–Crippen MR) is 110 cm³/mol. The zero-order valence-electron chi connectivity index (χ0n) is 15.9. The van der Waals surface area contributed by atoms with E-state index in [0.29, 0.717) is 5.56 Å². The summed E-state index contributed by atoms with van der Waals surface area (Å²) in [5, 5.41) is -0.0195. The Morgan fingerprint density at radius 3 is 1.97 bits per heavy atom. The molecule has 1 atom stereocenters. The van der Waals surface area contributed by atoms with Gasteiger partial charge in [0.2, 0.25) is 0 Å². The van der Waals surface area contributed by atoms with Crippen molar-refractivity contribution >= 4 is 24.0 Å². The Morgan fingerprint density at radius 1 is 0.828 bits per heavy atom. The van der Waals surface area contributed by atoms with Crippen LogP contribution in [0.1, 0.15) is 26.3 Å². The van der Waals surface area contributed by atoms with Crippen molar-refractivity contribution < 1.29 is 28.5 Å². The Kier molecular flexibility index (Phi) is 5.97. The molecule has 7 heteroatoms. The molecule has 0 saturated heterocycles. The van der Waals surface area contributed by atoms with Crippen molar-refractivity contribution in [3.05, 3.63) is 89.5 Å². The number of methoxy groups -OCH3 is 2. The number of ketones is 1. The fraction of sp³-hybridized carbons (Fsp3) is 0.0909. The molecule has 0 radical (unpaired) electrons. The molecular formula is C22H19O6P. The molecule has 1 N–H and O–H groups in total. The molecule has 0 aromatic heterocycles. The number of hydrogen-bond acceptors (Lipinski definition) is 5. The van der Waals surface area contributed by atoms with Gasteiger partial charge in [-0.1, -0.05) is 48.5 Å². The lowest BCUT2D eigenvalue weighted by Gasteiger charge is -2.18. The standard InChI is InChI=1S/C22H19O6P/c1-27-18-14-13-17(20(23)15-9-5-3-6-10-15)21(28-2)19(18)22(24)29(25,26)16-11-7-4-8-12-16/h3-14H,1-2H3,(H,25,26). The Morgan fingerprint density at radius 2 is 1.41 bits per heavy atom. The molecule has 3 aromatic carbocycles. The van der Waals surface area contributed by atoms with Gasteiger partial charge in [-0.2, -0.15) is 0 Å². The van der Waals surface area contributed by atoms with Gasteiger partial charge in [0, 0.05) is 10.9 Å². The average molecular weight is 410 g/mol. The molecule has 0 amide bonds. The highest BCUT2D eigenvalue weighted by Gasteiger charge is 2.38. The molecule has 0 aliphatic carbocycles. The van der Waals surface area contributed by atoms with Crippen LogP contribution >= 0.6 is 7.37 Å². The third kappa shape index (κ3) is 3.86. The smallest absolute Gasteiger partial charge is 0.298 e. The average Bonchev–Trinajstić information content (AvgIpc) is 2.78. The molecule has 148 valence electrons. The van der Waals surface area contributed by atoms with Crippen molar-refractivity contribution in [3.8, 4) is 11.5 Å². The van der Waals surface area contributed by atoms with Crippen molar-refractivity contribution in [1.29, 1.82) is 0 Å². The van der Waals surface area contributed by atoms with E-state index in [1.54, 1.807) is 48.5 Å². The van der Waals surface area contributed by atoms with E-state index < -0.39 is 12.9 Å². The van der Waals surface area contributed by atoms with Crippen LogP contribution in [0.5, 0.6) is 11.5 Å². The Labute approximate surface area is 168 Å². The highest BCUT2D eigenvalue weighted by atomic mass is 31.2. The summed E-state index contributed by atoms with van der Waals surface area (Å²) in [7, 11) is -1.85. The highest BCUT2D eigenvalue weighted by molar-refractivity contribution is 7.82. The number of hydrogen-bond donors (Lipinski definition) is 1. The SMILES string of the molecule is COc1ccc(C(=O)c2ccccc2)c(OC)c1C(=O)P(=O)(O)c1ccccc1. The van der Waals surface area contributed by atoms with Gasteiger partial charge < -0.3 is 14.4 Å². The Hall–Kier alpha value is -3.21. The van der Waals surface area contributed by atoms with Crippen LogP contribution in [-0.4, -0.2) is 30.4 Å². The third-order valence-corrected chi connectivity index (χ3v) is 6.19. The molecule has 0 bridgehead atoms. The molecule has 3 aromatic rings. The maximum absolute atomic E-state index is 13.2. The molecule has 0 aliphatic rings. The van der Waals surface area contributed by atoms with Crippen LogP contribution in [0.3, 0.4) is 0 Å². The number of carbonyl (C=O) groups excluding carboxylic acids is 2. The minimum Gasteiger partial charge on any atom is -0.496 e. The number of benzene rings is 3. The van der Waals surface area contributed by atoms with Gasteiger partial charge >= 0.3 is 0 Å². The van der Waals surface area contributed by atoms with E-state index in [-0.39, 0.29) is 33.7 Å². The second kappa shape index (κ2) is 8.43. The lowest BCUT2D eigenvalue weighted by Crippen LogP contribution is -2.16. The fourth-order valence-corrected chi connectivity index (χ4v) is 4.30. The first-order valence-corrected chi connectivity index (χ1v) is 10.4. The molecule has 0 aliphatic heterocycles. The van der Waals surface area contributed by atoms with Gasteiger partial charge in [0.25, 0.3) is 12.9 Å². The highest BCUT2D eigenvalue weighted by Crippen LogP contribution is 2.48. The van der Waals surface area contributed by atoms with Crippen LogP contribution in [-0.2, 0) is 4.57 Å². The van der Waals surface area contributed by atoms with Crippen LogP contribution in [0.15, 0.2) is 72.8 Å². The van der Waals surface area contributed by atoms with Gasteiger partial charge in [-0.25, -0.2) is 0 Å². The summed E-state index contributed by atoms with van der Waals surface area (Å²) in [4.78, 5) is 36.7. The number of ether oxygens (including phenoxy) is 2. The monoisotopic (exact) mass is 410 g/mol. The van der Waals surface area contributed by atoms with E-state index in [1.165, 1.54) is 38.5 Å². The maximum atomic E-state index is 13.2. The summed E-state index contributed by atoms with van der Waals surface area (Å²) in [6.07, 6.45) is 0. The van der Waals surface area contributed by atoms with Gasteiger partial charge in [-0.15, -0.1) is 0 Å². The largest absolute Gasteiger partial charge is 0.496 e. The summed E-state index contributed by atoms with van der Waals surface area (Å²) in [6.45, 7) is 0. The van der Waals surface area contributed by atoms with Gasteiger partial charge in [0.1, 0.15) is 17.1 Å². The number of carbonyl (C=O) groups is 2. The second-order valence-electron chi connectivity index (χ2n) is 6.14. The Bertz CT molecular complexity index is 1090. The summed E-state index contributed by atoms with van der Waals surface area (Å²) in [6, 6.07) is 19.0. The van der Waals surface area contributed by atoms with Gasteiger partial charge in [0.05, 0.1) is 19.8 Å². The molecular weight excluding hydrogens is 391 g/mol. The topological polar surface area (TPSA) is 89.9 Å².